The SMILES string of the molecule is C[C@H](OC(=O)[C@H](Cc1ccccc1)N1C(=O)c2ccccc2C1=O)C(N)=O. The van der Waals surface area contributed by atoms with E-state index >= 15 is 0 Å². The minimum Gasteiger partial charge on any atom is -0.451 e. The normalized spacial score (nSPS) is 15.2. The Hall–Kier alpha value is -3.48. The van der Waals surface area contributed by atoms with Crippen molar-refractivity contribution in [3.05, 3.63) is 71.3 Å². The molecule has 2 atom stereocenters. The summed E-state index contributed by atoms with van der Waals surface area (Å²) in [5.41, 5.74) is 6.35. The lowest BCUT2D eigenvalue weighted by atomic mass is 10.0. The van der Waals surface area contributed by atoms with Gasteiger partial charge >= 0.3 is 5.97 Å². The van der Waals surface area contributed by atoms with E-state index in [0.717, 1.165) is 10.5 Å². The van der Waals surface area contributed by atoms with Crippen LogP contribution in [-0.2, 0) is 20.7 Å². The number of imide groups is 1. The first-order valence-electron chi connectivity index (χ1n) is 8.40. The van der Waals surface area contributed by atoms with Gasteiger partial charge in [0.1, 0.15) is 6.04 Å². The third-order valence-electron chi connectivity index (χ3n) is 4.37. The van der Waals surface area contributed by atoms with E-state index in [0.29, 0.717) is 0 Å². The van der Waals surface area contributed by atoms with Gasteiger partial charge in [-0.2, -0.15) is 0 Å². The molecule has 3 amide bonds. The van der Waals surface area contributed by atoms with Crippen molar-refractivity contribution in [1.82, 2.24) is 4.90 Å². The van der Waals surface area contributed by atoms with Crippen LogP contribution >= 0.6 is 0 Å². The van der Waals surface area contributed by atoms with Gasteiger partial charge in [-0.15, -0.1) is 0 Å². The Morgan fingerprint density at radius 1 is 0.963 bits per heavy atom. The topological polar surface area (TPSA) is 107 Å². The lowest BCUT2D eigenvalue weighted by Gasteiger charge is -2.25. The summed E-state index contributed by atoms with van der Waals surface area (Å²) in [4.78, 5) is 50.4. The number of carbonyl (C=O) groups is 4. The molecule has 7 nitrogen and oxygen atoms in total. The summed E-state index contributed by atoms with van der Waals surface area (Å²) >= 11 is 0. The lowest BCUT2D eigenvalue weighted by Crippen LogP contribution is -2.48. The van der Waals surface area contributed by atoms with Crippen LogP contribution in [0.1, 0.15) is 33.2 Å². The highest BCUT2D eigenvalue weighted by atomic mass is 16.5. The van der Waals surface area contributed by atoms with Crippen molar-refractivity contribution in [2.24, 2.45) is 5.73 Å². The smallest absolute Gasteiger partial charge is 0.330 e. The van der Waals surface area contributed by atoms with Crippen molar-refractivity contribution < 1.29 is 23.9 Å². The van der Waals surface area contributed by atoms with E-state index in [4.69, 9.17) is 10.5 Å². The first-order valence-corrected chi connectivity index (χ1v) is 8.40. The van der Waals surface area contributed by atoms with E-state index in [1.54, 1.807) is 36.4 Å². The molecular formula is C20H18N2O5. The van der Waals surface area contributed by atoms with Crippen LogP contribution in [0.3, 0.4) is 0 Å². The highest BCUT2D eigenvalue weighted by molar-refractivity contribution is 6.22. The second-order valence-electron chi connectivity index (χ2n) is 6.21. The largest absolute Gasteiger partial charge is 0.451 e. The number of carbonyl (C=O) groups excluding carboxylic acids is 4. The molecule has 0 saturated heterocycles. The fourth-order valence-corrected chi connectivity index (χ4v) is 2.92. The Kier molecular flexibility index (Phi) is 5.03. The molecule has 1 aliphatic rings. The summed E-state index contributed by atoms with van der Waals surface area (Å²) in [6, 6.07) is 14.1. The molecule has 2 aromatic carbocycles. The molecule has 3 rings (SSSR count). The van der Waals surface area contributed by atoms with Gasteiger partial charge < -0.3 is 10.5 Å². The molecule has 7 heteroatoms. The molecule has 0 aliphatic carbocycles. The second-order valence-corrected chi connectivity index (χ2v) is 6.21. The monoisotopic (exact) mass is 366 g/mol. The minimum atomic E-state index is -1.21. The Bertz CT molecular complexity index is 875. The number of amides is 3. The van der Waals surface area contributed by atoms with Gasteiger partial charge in [0, 0.05) is 6.42 Å². The van der Waals surface area contributed by atoms with Gasteiger partial charge in [-0.25, -0.2) is 4.79 Å². The fourth-order valence-electron chi connectivity index (χ4n) is 2.92. The number of hydrogen-bond donors (Lipinski definition) is 1. The predicted octanol–water partition coefficient (Wildman–Crippen LogP) is 1.31. The van der Waals surface area contributed by atoms with Crippen LogP contribution in [-0.4, -0.2) is 40.7 Å². The third-order valence-corrected chi connectivity index (χ3v) is 4.37. The van der Waals surface area contributed by atoms with Crippen LogP contribution in [0.2, 0.25) is 0 Å². The number of hydrogen-bond acceptors (Lipinski definition) is 5. The molecule has 0 spiro atoms. The van der Waals surface area contributed by atoms with E-state index < -0.39 is 35.8 Å². The number of nitrogens with zero attached hydrogens (tertiary/aromatic N) is 1. The van der Waals surface area contributed by atoms with Crippen molar-refractivity contribution in [3.8, 4) is 0 Å². The molecule has 0 saturated carbocycles. The fraction of sp³-hybridized carbons (Fsp3) is 0.200. The highest BCUT2D eigenvalue weighted by Gasteiger charge is 2.43. The Labute approximate surface area is 155 Å². The second kappa shape index (κ2) is 7.41. The zero-order valence-corrected chi connectivity index (χ0v) is 14.6. The average molecular weight is 366 g/mol. The van der Waals surface area contributed by atoms with Crippen LogP contribution in [0.4, 0.5) is 0 Å². The van der Waals surface area contributed by atoms with Gasteiger partial charge in [0.25, 0.3) is 17.7 Å². The van der Waals surface area contributed by atoms with Gasteiger partial charge in [-0.05, 0) is 24.6 Å². The maximum absolute atomic E-state index is 12.8. The number of primary amides is 1. The first kappa shape index (κ1) is 18.3. The van der Waals surface area contributed by atoms with E-state index in [9.17, 15) is 19.2 Å². The molecule has 0 aromatic heterocycles. The molecule has 0 bridgehead atoms. The van der Waals surface area contributed by atoms with Gasteiger partial charge in [-0.3, -0.25) is 19.3 Å². The van der Waals surface area contributed by atoms with E-state index in [2.05, 4.69) is 0 Å². The highest BCUT2D eigenvalue weighted by Crippen LogP contribution is 2.26. The third kappa shape index (κ3) is 3.57. The number of ether oxygens (including phenoxy) is 1. The van der Waals surface area contributed by atoms with Crippen LogP contribution in [0, 0.1) is 0 Å². The quantitative estimate of drug-likeness (QED) is 0.613. The van der Waals surface area contributed by atoms with Crippen molar-refractivity contribution in [1.29, 1.82) is 0 Å². The summed E-state index contributed by atoms with van der Waals surface area (Å²) in [6.07, 6.45) is -1.11. The minimum absolute atomic E-state index is 0.0661. The molecule has 138 valence electrons. The van der Waals surface area contributed by atoms with Crippen LogP contribution in [0.5, 0.6) is 0 Å². The first-order chi connectivity index (χ1) is 12.9. The molecule has 1 heterocycles. The summed E-state index contributed by atoms with van der Waals surface area (Å²) in [5.74, 6) is -2.82. The van der Waals surface area contributed by atoms with Gasteiger partial charge in [-0.1, -0.05) is 42.5 Å². The molecular weight excluding hydrogens is 348 g/mol. The molecule has 2 N–H and O–H groups in total. The number of esters is 1. The van der Waals surface area contributed by atoms with Crippen LogP contribution in [0.25, 0.3) is 0 Å². The number of rotatable bonds is 6. The summed E-state index contributed by atoms with van der Waals surface area (Å²) < 4.78 is 5.09. The van der Waals surface area contributed by atoms with Crippen molar-refractivity contribution >= 4 is 23.7 Å². The van der Waals surface area contributed by atoms with Crippen LogP contribution in [0.15, 0.2) is 54.6 Å². The van der Waals surface area contributed by atoms with Gasteiger partial charge in [0.15, 0.2) is 6.10 Å². The van der Waals surface area contributed by atoms with Crippen molar-refractivity contribution in [3.63, 3.8) is 0 Å². The molecule has 0 fully saturated rings. The van der Waals surface area contributed by atoms with E-state index in [1.807, 2.05) is 6.07 Å². The number of fused-ring (bicyclic) bond motifs is 1. The maximum atomic E-state index is 12.8. The number of nitrogens with two attached hydrogens (primary N) is 1. The Morgan fingerprint density at radius 2 is 1.48 bits per heavy atom. The Balaban J connectivity index is 1.95. The molecule has 2 aromatic rings. The predicted molar refractivity (Wildman–Crippen MR) is 95.6 cm³/mol. The number of benzene rings is 2. The Morgan fingerprint density at radius 3 is 2.00 bits per heavy atom. The van der Waals surface area contributed by atoms with Gasteiger partial charge in [0.05, 0.1) is 11.1 Å². The molecule has 27 heavy (non-hydrogen) atoms. The van der Waals surface area contributed by atoms with E-state index in [-0.39, 0.29) is 17.5 Å². The standard InChI is InChI=1S/C20H18N2O5/c1-12(17(21)23)27-20(26)16(11-13-7-3-2-4-8-13)22-18(24)14-9-5-6-10-15(14)19(22)25/h2-10,12,16H,11H2,1H3,(H2,21,23)/t12-,16-/m0/s1. The lowest BCUT2D eigenvalue weighted by molar-refractivity contribution is -0.157. The van der Waals surface area contributed by atoms with Gasteiger partial charge in [0.2, 0.25) is 0 Å². The summed E-state index contributed by atoms with van der Waals surface area (Å²) in [5, 5.41) is 0. The summed E-state index contributed by atoms with van der Waals surface area (Å²) in [6.45, 7) is 1.34. The molecule has 0 unspecified atom stereocenters. The zero-order valence-electron chi connectivity index (χ0n) is 14.6. The zero-order chi connectivity index (χ0) is 19.6. The summed E-state index contributed by atoms with van der Waals surface area (Å²) in [7, 11) is 0. The molecule has 1 aliphatic heterocycles. The average Bonchev–Trinajstić information content (AvgIpc) is 2.91. The molecule has 0 radical (unpaired) electrons. The van der Waals surface area contributed by atoms with Crippen molar-refractivity contribution in [2.45, 2.75) is 25.5 Å². The van der Waals surface area contributed by atoms with Crippen molar-refractivity contribution in [2.75, 3.05) is 0 Å². The maximum Gasteiger partial charge on any atom is 0.330 e. The van der Waals surface area contributed by atoms with Crippen LogP contribution < -0.4 is 5.73 Å². The van der Waals surface area contributed by atoms with E-state index in [1.165, 1.54) is 19.1 Å².